The molecule has 1 aromatic rings. The van der Waals surface area contributed by atoms with Crippen LogP contribution >= 0.6 is 0 Å². The third-order valence-electron chi connectivity index (χ3n) is 1.95. The van der Waals surface area contributed by atoms with Crippen LogP contribution in [0.25, 0.3) is 0 Å². The molecule has 0 aliphatic heterocycles. The molecule has 0 spiro atoms. The van der Waals surface area contributed by atoms with Crippen molar-refractivity contribution in [3.8, 4) is 0 Å². The van der Waals surface area contributed by atoms with E-state index in [0.717, 1.165) is 5.56 Å². The van der Waals surface area contributed by atoms with Crippen LogP contribution in [0.3, 0.4) is 0 Å². The smallest absolute Gasteiger partial charge is 0.0593 e. The lowest BCUT2D eigenvalue weighted by molar-refractivity contribution is 0.164. The van der Waals surface area contributed by atoms with E-state index in [2.05, 4.69) is 4.98 Å². The Kier molecular flexibility index (Phi) is 3.19. The highest BCUT2D eigenvalue weighted by Gasteiger charge is 2.14. The number of nitrogens with zero attached hydrogens (tertiary/aromatic N) is 1. The van der Waals surface area contributed by atoms with Crippen LogP contribution < -0.4 is 5.73 Å². The summed E-state index contributed by atoms with van der Waals surface area (Å²) in [4.78, 5) is 3.97. The topological polar surface area (TPSA) is 59.1 Å². The van der Waals surface area contributed by atoms with Gasteiger partial charge in [0.1, 0.15) is 0 Å². The monoisotopic (exact) mass is 166 g/mol. The molecule has 1 rings (SSSR count). The molecule has 0 fully saturated rings. The fourth-order valence-corrected chi connectivity index (χ4v) is 1.21. The Morgan fingerprint density at radius 3 is 2.83 bits per heavy atom. The highest BCUT2D eigenvalue weighted by Crippen LogP contribution is 2.16. The van der Waals surface area contributed by atoms with Crippen molar-refractivity contribution in [2.24, 2.45) is 5.73 Å². The minimum Gasteiger partial charge on any atom is -0.393 e. The van der Waals surface area contributed by atoms with Crippen LogP contribution in [0.2, 0.25) is 0 Å². The van der Waals surface area contributed by atoms with E-state index in [-0.39, 0.29) is 5.92 Å². The summed E-state index contributed by atoms with van der Waals surface area (Å²) in [7, 11) is 0. The standard InChI is InChI=1S/C9H14N2O/c1-7(12)9(5-10)8-3-2-4-11-6-8/h2-4,6-7,9,12H,5,10H2,1H3. The summed E-state index contributed by atoms with van der Waals surface area (Å²) in [6.07, 6.45) is 3.03. The first-order chi connectivity index (χ1) is 5.75. The summed E-state index contributed by atoms with van der Waals surface area (Å²) in [6.45, 7) is 2.19. The van der Waals surface area contributed by atoms with Crippen molar-refractivity contribution in [2.75, 3.05) is 6.54 Å². The van der Waals surface area contributed by atoms with Gasteiger partial charge in [-0.3, -0.25) is 4.98 Å². The second-order valence-electron chi connectivity index (χ2n) is 2.87. The average Bonchev–Trinajstić information content (AvgIpc) is 2.07. The van der Waals surface area contributed by atoms with Crippen LogP contribution in [0.15, 0.2) is 24.5 Å². The normalized spacial score (nSPS) is 15.6. The first kappa shape index (κ1) is 9.16. The van der Waals surface area contributed by atoms with Gasteiger partial charge in [-0.25, -0.2) is 0 Å². The Labute approximate surface area is 72.2 Å². The molecule has 2 unspecified atom stereocenters. The molecule has 0 saturated carbocycles. The molecule has 3 heteroatoms. The number of hydrogen-bond acceptors (Lipinski definition) is 3. The zero-order valence-electron chi connectivity index (χ0n) is 7.14. The van der Waals surface area contributed by atoms with Gasteiger partial charge in [-0.15, -0.1) is 0 Å². The van der Waals surface area contributed by atoms with Crippen molar-refractivity contribution in [1.29, 1.82) is 0 Å². The highest BCUT2D eigenvalue weighted by atomic mass is 16.3. The van der Waals surface area contributed by atoms with E-state index in [1.54, 1.807) is 19.3 Å². The number of nitrogens with two attached hydrogens (primary N) is 1. The van der Waals surface area contributed by atoms with Crippen LogP contribution in [-0.2, 0) is 0 Å². The average molecular weight is 166 g/mol. The van der Waals surface area contributed by atoms with Crippen LogP contribution in [0.5, 0.6) is 0 Å². The Morgan fingerprint density at radius 2 is 2.42 bits per heavy atom. The van der Waals surface area contributed by atoms with E-state index in [1.807, 2.05) is 12.1 Å². The molecule has 12 heavy (non-hydrogen) atoms. The van der Waals surface area contributed by atoms with Crippen molar-refractivity contribution in [3.05, 3.63) is 30.1 Å². The molecular formula is C9H14N2O. The lowest BCUT2D eigenvalue weighted by atomic mass is 9.96. The number of hydrogen-bond donors (Lipinski definition) is 2. The third kappa shape index (κ3) is 2.03. The van der Waals surface area contributed by atoms with Crippen molar-refractivity contribution >= 4 is 0 Å². The quantitative estimate of drug-likeness (QED) is 0.687. The number of aliphatic hydroxyl groups excluding tert-OH is 1. The van der Waals surface area contributed by atoms with Gasteiger partial charge in [-0.1, -0.05) is 6.07 Å². The SMILES string of the molecule is CC(O)C(CN)c1cccnc1. The largest absolute Gasteiger partial charge is 0.393 e. The summed E-state index contributed by atoms with van der Waals surface area (Å²) in [5.41, 5.74) is 6.51. The lowest BCUT2D eigenvalue weighted by Crippen LogP contribution is -2.23. The zero-order chi connectivity index (χ0) is 8.97. The molecule has 3 nitrogen and oxygen atoms in total. The molecule has 0 aliphatic rings. The van der Waals surface area contributed by atoms with Gasteiger partial charge in [0.2, 0.25) is 0 Å². The number of aliphatic hydroxyl groups is 1. The number of pyridine rings is 1. The van der Waals surface area contributed by atoms with E-state index in [9.17, 15) is 5.11 Å². The molecule has 0 aromatic carbocycles. The van der Waals surface area contributed by atoms with E-state index in [0.29, 0.717) is 6.54 Å². The zero-order valence-corrected chi connectivity index (χ0v) is 7.14. The molecule has 2 atom stereocenters. The van der Waals surface area contributed by atoms with E-state index in [1.165, 1.54) is 0 Å². The maximum absolute atomic E-state index is 9.36. The van der Waals surface area contributed by atoms with Gasteiger partial charge in [-0.05, 0) is 18.6 Å². The molecule has 0 amide bonds. The van der Waals surface area contributed by atoms with Gasteiger partial charge in [0, 0.05) is 24.9 Å². The van der Waals surface area contributed by atoms with E-state index < -0.39 is 6.10 Å². The van der Waals surface area contributed by atoms with Gasteiger partial charge in [-0.2, -0.15) is 0 Å². The Bertz CT molecular complexity index is 223. The van der Waals surface area contributed by atoms with Crippen molar-refractivity contribution in [3.63, 3.8) is 0 Å². The molecule has 1 aromatic heterocycles. The Morgan fingerprint density at radius 1 is 1.67 bits per heavy atom. The fourth-order valence-electron chi connectivity index (χ4n) is 1.21. The van der Waals surface area contributed by atoms with E-state index >= 15 is 0 Å². The molecule has 0 saturated heterocycles. The second kappa shape index (κ2) is 4.18. The Balaban J connectivity index is 2.80. The molecular weight excluding hydrogens is 152 g/mol. The predicted molar refractivity (Wildman–Crippen MR) is 47.7 cm³/mol. The summed E-state index contributed by atoms with van der Waals surface area (Å²) in [5.74, 6) is -0.00120. The summed E-state index contributed by atoms with van der Waals surface area (Å²) in [5, 5.41) is 9.36. The van der Waals surface area contributed by atoms with Gasteiger partial charge < -0.3 is 10.8 Å². The minimum absolute atomic E-state index is 0.00120. The number of rotatable bonds is 3. The fraction of sp³-hybridized carbons (Fsp3) is 0.444. The molecule has 0 bridgehead atoms. The van der Waals surface area contributed by atoms with Gasteiger partial charge in [0.25, 0.3) is 0 Å². The minimum atomic E-state index is -0.417. The summed E-state index contributed by atoms with van der Waals surface area (Å²) >= 11 is 0. The molecule has 0 aliphatic carbocycles. The third-order valence-corrected chi connectivity index (χ3v) is 1.95. The van der Waals surface area contributed by atoms with Crippen LogP contribution in [0, 0.1) is 0 Å². The first-order valence-electron chi connectivity index (χ1n) is 4.03. The van der Waals surface area contributed by atoms with Gasteiger partial charge in [0.05, 0.1) is 6.10 Å². The predicted octanol–water partition coefficient (Wildman–Crippen LogP) is 0.505. The van der Waals surface area contributed by atoms with E-state index in [4.69, 9.17) is 5.73 Å². The number of aromatic nitrogens is 1. The maximum Gasteiger partial charge on any atom is 0.0593 e. The molecule has 3 N–H and O–H groups in total. The molecule has 0 radical (unpaired) electrons. The Hall–Kier alpha value is -0.930. The molecule has 1 heterocycles. The summed E-state index contributed by atoms with van der Waals surface area (Å²) in [6, 6.07) is 3.78. The van der Waals surface area contributed by atoms with Crippen LogP contribution in [0.4, 0.5) is 0 Å². The molecule has 66 valence electrons. The van der Waals surface area contributed by atoms with Crippen LogP contribution in [-0.4, -0.2) is 22.7 Å². The van der Waals surface area contributed by atoms with Crippen molar-refractivity contribution in [1.82, 2.24) is 4.98 Å². The summed E-state index contributed by atoms with van der Waals surface area (Å²) < 4.78 is 0. The van der Waals surface area contributed by atoms with Crippen LogP contribution in [0.1, 0.15) is 18.4 Å². The van der Waals surface area contributed by atoms with Gasteiger partial charge in [0.15, 0.2) is 0 Å². The maximum atomic E-state index is 9.36. The first-order valence-corrected chi connectivity index (χ1v) is 4.03. The van der Waals surface area contributed by atoms with Crippen molar-refractivity contribution in [2.45, 2.75) is 18.9 Å². The lowest BCUT2D eigenvalue weighted by Gasteiger charge is -2.17. The van der Waals surface area contributed by atoms with Gasteiger partial charge >= 0.3 is 0 Å². The van der Waals surface area contributed by atoms with Crippen molar-refractivity contribution < 1.29 is 5.11 Å². The second-order valence-corrected chi connectivity index (χ2v) is 2.87. The highest BCUT2D eigenvalue weighted by molar-refractivity contribution is 5.16.